The fraction of sp³-hybridized carbons (Fsp3) is 0.562. The molecule has 1 fully saturated rings. The Morgan fingerprint density at radius 2 is 2.24 bits per heavy atom. The molecule has 2 aromatic rings. The topological polar surface area (TPSA) is 46.2 Å². The van der Waals surface area contributed by atoms with E-state index in [2.05, 4.69) is 15.2 Å². The van der Waals surface area contributed by atoms with E-state index in [9.17, 15) is 0 Å². The van der Waals surface area contributed by atoms with Gasteiger partial charge in [0.2, 0.25) is 0 Å². The maximum absolute atomic E-state index is 5.58. The van der Waals surface area contributed by atoms with E-state index in [0.717, 1.165) is 24.6 Å². The van der Waals surface area contributed by atoms with E-state index < -0.39 is 0 Å². The molecule has 0 aliphatic carbocycles. The summed E-state index contributed by atoms with van der Waals surface area (Å²) in [6.07, 6.45) is 9.39. The number of rotatable bonds is 7. The zero-order valence-corrected chi connectivity index (χ0v) is 12.7. The second-order valence-electron chi connectivity index (χ2n) is 5.70. The monoisotopic (exact) mass is 288 g/mol. The van der Waals surface area contributed by atoms with Gasteiger partial charge in [0.25, 0.3) is 0 Å². The third-order valence-corrected chi connectivity index (χ3v) is 4.14. The molecule has 0 aromatic carbocycles. The second kappa shape index (κ2) is 6.91. The predicted octanol–water partition coefficient (Wildman–Crippen LogP) is 2.18. The summed E-state index contributed by atoms with van der Waals surface area (Å²) >= 11 is 0. The van der Waals surface area contributed by atoms with E-state index in [1.807, 2.05) is 36.1 Å². The minimum Gasteiger partial charge on any atom is -0.467 e. The zero-order chi connectivity index (χ0) is 14.5. The quantitative estimate of drug-likeness (QED) is 0.793. The van der Waals surface area contributed by atoms with Crippen LogP contribution >= 0.6 is 0 Å². The van der Waals surface area contributed by atoms with Gasteiger partial charge < -0.3 is 19.2 Å². The highest BCUT2D eigenvalue weighted by Crippen LogP contribution is 2.20. The molecular weight excluding hydrogens is 264 g/mol. The Balaban J connectivity index is 1.57. The van der Waals surface area contributed by atoms with Gasteiger partial charge in [0.15, 0.2) is 0 Å². The number of nitrogens with zero attached hydrogens (tertiary/aromatic N) is 3. The van der Waals surface area contributed by atoms with Crippen LogP contribution in [0.1, 0.15) is 36.9 Å². The lowest BCUT2D eigenvalue weighted by Gasteiger charge is -2.18. The lowest BCUT2D eigenvalue weighted by molar-refractivity contribution is 0.325. The highest BCUT2D eigenvalue weighted by Gasteiger charge is 2.20. The third kappa shape index (κ3) is 3.54. The molecule has 21 heavy (non-hydrogen) atoms. The molecular formula is C16H24N4O. The van der Waals surface area contributed by atoms with Gasteiger partial charge in [-0.15, -0.1) is 0 Å². The van der Waals surface area contributed by atoms with Crippen molar-refractivity contribution >= 4 is 0 Å². The molecule has 0 radical (unpaired) electrons. The van der Waals surface area contributed by atoms with Crippen LogP contribution in [0.4, 0.5) is 0 Å². The summed E-state index contributed by atoms with van der Waals surface area (Å²) < 4.78 is 7.62. The molecule has 1 unspecified atom stereocenters. The Bertz CT molecular complexity index is 528. The number of hydrogen-bond donors (Lipinski definition) is 1. The van der Waals surface area contributed by atoms with Crippen molar-refractivity contribution < 1.29 is 4.42 Å². The van der Waals surface area contributed by atoms with Gasteiger partial charge in [0.05, 0.1) is 6.26 Å². The Morgan fingerprint density at radius 1 is 1.38 bits per heavy atom. The van der Waals surface area contributed by atoms with Gasteiger partial charge in [-0.1, -0.05) is 0 Å². The van der Waals surface area contributed by atoms with Gasteiger partial charge >= 0.3 is 0 Å². The fourth-order valence-electron chi connectivity index (χ4n) is 2.99. The van der Waals surface area contributed by atoms with Gasteiger partial charge in [-0.2, -0.15) is 0 Å². The van der Waals surface area contributed by atoms with Crippen molar-refractivity contribution in [2.24, 2.45) is 7.05 Å². The zero-order valence-electron chi connectivity index (χ0n) is 12.7. The van der Waals surface area contributed by atoms with Crippen LogP contribution in [0.3, 0.4) is 0 Å². The van der Waals surface area contributed by atoms with Crippen LogP contribution in [-0.2, 0) is 7.05 Å². The van der Waals surface area contributed by atoms with Crippen LogP contribution in [0, 0.1) is 0 Å². The standard InChI is InChI=1S/C16H24N4O/c1-19-12-8-18-16(19)15(14-6-4-13-21-14)17-7-5-11-20-9-2-3-10-20/h4,6,8,12-13,15,17H,2-3,5,7,9-11H2,1H3. The molecule has 5 nitrogen and oxygen atoms in total. The number of nitrogens with one attached hydrogen (secondary N) is 1. The van der Waals surface area contributed by atoms with Crippen molar-refractivity contribution in [1.29, 1.82) is 0 Å². The SMILES string of the molecule is Cn1ccnc1C(NCCCN1CCCC1)c1ccco1. The molecule has 0 amide bonds. The molecule has 1 atom stereocenters. The van der Waals surface area contributed by atoms with Crippen molar-refractivity contribution in [3.8, 4) is 0 Å². The van der Waals surface area contributed by atoms with E-state index in [1.165, 1.54) is 32.5 Å². The normalized spacial score (nSPS) is 17.4. The number of furan rings is 1. The van der Waals surface area contributed by atoms with E-state index in [-0.39, 0.29) is 6.04 Å². The summed E-state index contributed by atoms with van der Waals surface area (Å²) in [5.74, 6) is 1.91. The molecule has 2 aromatic heterocycles. The average Bonchev–Trinajstić information content (AvgIpc) is 3.21. The van der Waals surface area contributed by atoms with Crippen LogP contribution in [0.15, 0.2) is 35.2 Å². The van der Waals surface area contributed by atoms with E-state index >= 15 is 0 Å². The van der Waals surface area contributed by atoms with Crippen LogP contribution < -0.4 is 5.32 Å². The first-order valence-corrected chi connectivity index (χ1v) is 7.81. The first-order chi connectivity index (χ1) is 10.3. The van der Waals surface area contributed by atoms with Gasteiger partial charge in [-0.05, 0) is 57.6 Å². The molecule has 1 aliphatic rings. The summed E-state index contributed by atoms with van der Waals surface area (Å²) in [6, 6.07) is 3.96. The third-order valence-electron chi connectivity index (χ3n) is 4.14. The first kappa shape index (κ1) is 14.4. The highest BCUT2D eigenvalue weighted by molar-refractivity contribution is 5.15. The molecule has 1 saturated heterocycles. The van der Waals surface area contributed by atoms with Crippen LogP contribution in [0.2, 0.25) is 0 Å². The van der Waals surface area contributed by atoms with Crippen molar-refractivity contribution in [2.45, 2.75) is 25.3 Å². The molecule has 5 heteroatoms. The fourth-order valence-corrected chi connectivity index (χ4v) is 2.99. The Morgan fingerprint density at radius 3 is 2.90 bits per heavy atom. The molecule has 0 bridgehead atoms. The van der Waals surface area contributed by atoms with E-state index in [0.29, 0.717) is 0 Å². The first-order valence-electron chi connectivity index (χ1n) is 7.81. The molecule has 3 rings (SSSR count). The predicted molar refractivity (Wildman–Crippen MR) is 82.1 cm³/mol. The second-order valence-corrected chi connectivity index (χ2v) is 5.70. The Labute approximate surface area is 126 Å². The van der Waals surface area contributed by atoms with Crippen LogP contribution in [0.25, 0.3) is 0 Å². The molecule has 3 heterocycles. The number of likely N-dealkylation sites (tertiary alicyclic amines) is 1. The summed E-state index contributed by atoms with van der Waals surface area (Å²) in [5.41, 5.74) is 0. The van der Waals surface area contributed by atoms with Crippen LogP contribution in [-0.4, -0.2) is 40.6 Å². The largest absolute Gasteiger partial charge is 0.467 e. The summed E-state index contributed by atoms with van der Waals surface area (Å²) in [4.78, 5) is 7.00. The minimum absolute atomic E-state index is 0.0265. The van der Waals surface area contributed by atoms with E-state index in [4.69, 9.17) is 4.42 Å². The number of hydrogen-bond acceptors (Lipinski definition) is 4. The maximum Gasteiger partial charge on any atom is 0.133 e. The Kier molecular flexibility index (Phi) is 4.72. The number of imidazole rings is 1. The molecule has 114 valence electrons. The Hall–Kier alpha value is -1.59. The average molecular weight is 288 g/mol. The number of aromatic nitrogens is 2. The lowest BCUT2D eigenvalue weighted by Crippen LogP contribution is -2.29. The summed E-state index contributed by atoms with van der Waals surface area (Å²) in [5, 5.41) is 3.59. The van der Waals surface area contributed by atoms with Crippen molar-refractivity contribution in [3.63, 3.8) is 0 Å². The maximum atomic E-state index is 5.58. The summed E-state index contributed by atoms with van der Waals surface area (Å²) in [7, 11) is 2.02. The molecule has 0 saturated carbocycles. The highest BCUT2D eigenvalue weighted by atomic mass is 16.3. The van der Waals surface area contributed by atoms with Crippen molar-refractivity contribution in [1.82, 2.24) is 19.8 Å². The van der Waals surface area contributed by atoms with Gasteiger partial charge in [-0.3, -0.25) is 0 Å². The molecule has 0 spiro atoms. The molecule has 1 aliphatic heterocycles. The lowest BCUT2D eigenvalue weighted by atomic mass is 10.2. The number of aryl methyl sites for hydroxylation is 1. The van der Waals surface area contributed by atoms with Gasteiger partial charge in [0.1, 0.15) is 17.6 Å². The van der Waals surface area contributed by atoms with Crippen LogP contribution in [0.5, 0.6) is 0 Å². The van der Waals surface area contributed by atoms with E-state index in [1.54, 1.807) is 6.26 Å². The van der Waals surface area contributed by atoms with Crippen molar-refractivity contribution in [2.75, 3.05) is 26.2 Å². The van der Waals surface area contributed by atoms with Gasteiger partial charge in [0, 0.05) is 19.4 Å². The molecule has 1 N–H and O–H groups in total. The smallest absolute Gasteiger partial charge is 0.133 e. The van der Waals surface area contributed by atoms with Crippen molar-refractivity contribution in [3.05, 3.63) is 42.4 Å². The summed E-state index contributed by atoms with van der Waals surface area (Å²) in [6.45, 7) is 4.68. The minimum atomic E-state index is 0.0265. The van der Waals surface area contributed by atoms with Gasteiger partial charge in [-0.25, -0.2) is 4.98 Å².